The van der Waals surface area contributed by atoms with E-state index in [0.29, 0.717) is 19.4 Å². The molecule has 0 aromatic carbocycles. The second-order valence-electron chi connectivity index (χ2n) is 6.36. The summed E-state index contributed by atoms with van der Waals surface area (Å²) in [7, 11) is -3.98. The van der Waals surface area contributed by atoms with Crippen molar-refractivity contribution in [2.45, 2.75) is 57.5 Å². The normalized spacial score (nSPS) is 22.6. The number of hydrogen-bond donors (Lipinski definition) is 2. The molecule has 0 bridgehead atoms. The number of sulfonamides is 1. The summed E-state index contributed by atoms with van der Waals surface area (Å²) in [5, 5.41) is 12.9. The Labute approximate surface area is 146 Å². The van der Waals surface area contributed by atoms with Crippen LogP contribution in [0.3, 0.4) is 0 Å². The second-order valence-corrected chi connectivity index (χ2v) is 8.01. The van der Waals surface area contributed by atoms with Gasteiger partial charge in [-0.05, 0) is 40.5 Å². The van der Waals surface area contributed by atoms with Gasteiger partial charge in [0.2, 0.25) is 15.9 Å². The number of rotatable bonds is 5. The number of piperidine rings is 1. The van der Waals surface area contributed by atoms with Gasteiger partial charge >= 0.3 is 5.97 Å². The van der Waals surface area contributed by atoms with Crippen molar-refractivity contribution >= 4 is 21.9 Å². The van der Waals surface area contributed by atoms with E-state index in [2.05, 4.69) is 9.88 Å². The Hall–Kier alpha value is -1.94. The molecule has 1 amide bonds. The Balaban J connectivity index is 2.16. The Morgan fingerprint density at radius 1 is 1.40 bits per heavy atom. The van der Waals surface area contributed by atoms with Crippen molar-refractivity contribution < 1.29 is 27.6 Å². The van der Waals surface area contributed by atoms with Crippen LogP contribution in [0.25, 0.3) is 0 Å². The van der Waals surface area contributed by atoms with Crippen molar-refractivity contribution in [3.8, 4) is 0 Å². The van der Waals surface area contributed by atoms with Crippen LogP contribution in [0.2, 0.25) is 0 Å². The predicted octanol–water partition coefficient (Wildman–Crippen LogP) is 0.670. The first-order valence-electron chi connectivity index (χ1n) is 8.04. The van der Waals surface area contributed by atoms with E-state index in [-0.39, 0.29) is 16.3 Å². The number of amides is 1. The molecule has 9 nitrogen and oxygen atoms in total. The first-order chi connectivity index (χ1) is 11.6. The van der Waals surface area contributed by atoms with Crippen LogP contribution >= 0.6 is 0 Å². The summed E-state index contributed by atoms with van der Waals surface area (Å²) in [6.45, 7) is 6.49. The van der Waals surface area contributed by atoms with E-state index in [4.69, 9.17) is 4.52 Å². The number of aliphatic carboxylic acids is 1. The van der Waals surface area contributed by atoms with Gasteiger partial charge < -0.3 is 14.5 Å². The molecule has 25 heavy (non-hydrogen) atoms. The molecule has 1 aliphatic heterocycles. The smallest absolute Gasteiger partial charge is 0.308 e. The van der Waals surface area contributed by atoms with Crippen molar-refractivity contribution in [2.24, 2.45) is 5.92 Å². The molecular formula is C15H23N3O6S. The first-order valence-corrected chi connectivity index (χ1v) is 9.53. The van der Waals surface area contributed by atoms with Crippen molar-refractivity contribution in [3.63, 3.8) is 0 Å². The lowest BCUT2D eigenvalue weighted by atomic mass is 9.90. The summed E-state index contributed by atoms with van der Waals surface area (Å²) in [4.78, 5) is 25.3. The topological polar surface area (TPSA) is 130 Å². The molecule has 0 saturated carbocycles. The van der Waals surface area contributed by atoms with E-state index in [9.17, 15) is 23.1 Å². The Morgan fingerprint density at radius 3 is 2.56 bits per heavy atom. The number of carboxylic acid groups (broad SMARTS) is 1. The number of nitrogens with one attached hydrogen (secondary N) is 1. The minimum atomic E-state index is -3.98. The van der Waals surface area contributed by atoms with Gasteiger partial charge in [0.05, 0.1) is 12.0 Å². The fourth-order valence-electron chi connectivity index (χ4n) is 3.23. The molecule has 1 aromatic heterocycles. The van der Waals surface area contributed by atoms with Crippen molar-refractivity contribution in [1.29, 1.82) is 0 Å². The highest BCUT2D eigenvalue weighted by atomic mass is 32.2. The largest absolute Gasteiger partial charge is 0.481 e. The lowest BCUT2D eigenvalue weighted by Gasteiger charge is -2.38. The molecule has 2 N–H and O–H groups in total. The molecule has 1 aliphatic rings. The minimum Gasteiger partial charge on any atom is -0.481 e. The molecule has 3 atom stereocenters. The first kappa shape index (κ1) is 19.4. The molecule has 10 heteroatoms. The van der Waals surface area contributed by atoms with Gasteiger partial charge in [0.15, 0.2) is 5.76 Å². The molecule has 1 fully saturated rings. The number of carboxylic acids is 1. The van der Waals surface area contributed by atoms with E-state index in [1.54, 1.807) is 6.92 Å². The number of aryl methyl sites for hydroxylation is 2. The fourth-order valence-corrected chi connectivity index (χ4v) is 4.76. The van der Waals surface area contributed by atoms with E-state index < -0.39 is 39.9 Å². The van der Waals surface area contributed by atoms with Crippen LogP contribution < -0.4 is 4.72 Å². The van der Waals surface area contributed by atoms with Gasteiger partial charge in [0.1, 0.15) is 10.6 Å². The third-order valence-corrected chi connectivity index (χ3v) is 6.31. The Morgan fingerprint density at radius 2 is 2.04 bits per heavy atom. The van der Waals surface area contributed by atoms with Gasteiger partial charge in [0.25, 0.3) is 0 Å². The number of carbonyl (C=O) groups is 2. The van der Waals surface area contributed by atoms with Crippen LogP contribution in [-0.2, 0) is 19.6 Å². The number of carbonyl (C=O) groups excluding carboxylic acids is 1. The molecule has 1 aromatic rings. The maximum absolute atomic E-state index is 12.7. The van der Waals surface area contributed by atoms with E-state index in [1.165, 1.54) is 25.7 Å². The fraction of sp³-hybridized carbons (Fsp3) is 0.667. The summed E-state index contributed by atoms with van der Waals surface area (Å²) in [6.07, 6.45) is 1.07. The molecule has 1 saturated heterocycles. The van der Waals surface area contributed by atoms with Gasteiger partial charge in [-0.3, -0.25) is 9.59 Å². The van der Waals surface area contributed by atoms with Gasteiger partial charge in [-0.2, -0.15) is 4.72 Å². The molecule has 0 spiro atoms. The van der Waals surface area contributed by atoms with Gasteiger partial charge in [-0.25, -0.2) is 8.42 Å². The van der Waals surface area contributed by atoms with E-state index in [0.717, 1.165) is 0 Å². The van der Waals surface area contributed by atoms with Crippen LogP contribution in [0.5, 0.6) is 0 Å². The van der Waals surface area contributed by atoms with Gasteiger partial charge in [-0.15, -0.1) is 0 Å². The highest BCUT2D eigenvalue weighted by Crippen LogP contribution is 2.25. The average molecular weight is 373 g/mol. The average Bonchev–Trinajstić information content (AvgIpc) is 2.85. The van der Waals surface area contributed by atoms with Gasteiger partial charge in [0, 0.05) is 12.6 Å². The van der Waals surface area contributed by atoms with Crippen LogP contribution in [0.1, 0.15) is 38.1 Å². The predicted molar refractivity (Wildman–Crippen MR) is 87.3 cm³/mol. The highest BCUT2D eigenvalue weighted by Gasteiger charge is 2.38. The number of nitrogens with zero attached hydrogens (tertiary/aromatic N) is 2. The lowest BCUT2D eigenvalue weighted by Crippen LogP contribution is -2.55. The van der Waals surface area contributed by atoms with Crippen molar-refractivity contribution in [1.82, 2.24) is 14.8 Å². The Kier molecular flexibility index (Phi) is 5.52. The Bertz CT molecular complexity index is 753. The third-order valence-electron chi connectivity index (χ3n) is 4.53. The number of hydrogen-bond acceptors (Lipinski definition) is 6. The van der Waals surface area contributed by atoms with Crippen molar-refractivity contribution in [2.75, 3.05) is 6.54 Å². The minimum absolute atomic E-state index is 0.0812. The zero-order valence-corrected chi connectivity index (χ0v) is 15.5. The summed E-state index contributed by atoms with van der Waals surface area (Å²) in [6, 6.07) is -1.53. The SMILES string of the molecule is Cc1noc(C)c1S(=O)(=O)NC(C)C(=O)N1CCC[C@H](C(=O)O)[C@@H]1C. The molecule has 0 radical (unpaired) electrons. The van der Waals surface area contributed by atoms with Crippen molar-refractivity contribution in [3.05, 3.63) is 11.5 Å². The lowest BCUT2D eigenvalue weighted by molar-refractivity contribution is -0.149. The third kappa shape index (κ3) is 3.84. The molecule has 1 unspecified atom stereocenters. The van der Waals surface area contributed by atoms with Crippen LogP contribution in [-0.4, -0.2) is 54.1 Å². The summed E-state index contributed by atoms with van der Waals surface area (Å²) in [5.74, 6) is -1.91. The van der Waals surface area contributed by atoms with Crippen LogP contribution in [0, 0.1) is 19.8 Å². The maximum Gasteiger partial charge on any atom is 0.308 e. The molecule has 2 heterocycles. The van der Waals surface area contributed by atoms with Gasteiger partial charge in [-0.1, -0.05) is 5.16 Å². The molecule has 0 aliphatic carbocycles. The second kappa shape index (κ2) is 7.12. The quantitative estimate of drug-likeness (QED) is 0.776. The zero-order valence-electron chi connectivity index (χ0n) is 14.6. The molecule has 140 valence electrons. The van der Waals surface area contributed by atoms with E-state index >= 15 is 0 Å². The molecular weight excluding hydrogens is 350 g/mol. The van der Waals surface area contributed by atoms with Crippen LogP contribution in [0.15, 0.2) is 9.42 Å². The highest BCUT2D eigenvalue weighted by molar-refractivity contribution is 7.89. The standard InChI is InChI=1S/C15H23N3O6S/c1-8-13(11(4)24-16-8)25(22,23)17-9(2)14(19)18-7-5-6-12(10(18)3)15(20)21/h9-10,12,17H,5-7H2,1-4H3,(H,20,21)/t9?,10-,12-/m0/s1. The monoisotopic (exact) mass is 373 g/mol. The number of likely N-dealkylation sites (tertiary alicyclic amines) is 1. The summed E-state index contributed by atoms with van der Waals surface area (Å²) in [5.41, 5.74) is 0.210. The summed E-state index contributed by atoms with van der Waals surface area (Å²) < 4.78 is 32.2. The summed E-state index contributed by atoms with van der Waals surface area (Å²) >= 11 is 0. The van der Waals surface area contributed by atoms with E-state index in [1.807, 2.05) is 0 Å². The molecule has 2 rings (SSSR count). The maximum atomic E-state index is 12.7. The van der Waals surface area contributed by atoms with Crippen LogP contribution in [0.4, 0.5) is 0 Å². The number of aromatic nitrogens is 1. The zero-order chi connectivity index (χ0) is 18.9.